The van der Waals surface area contributed by atoms with E-state index in [-0.39, 0.29) is 5.91 Å². The molecule has 19 heavy (non-hydrogen) atoms. The molecule has 0 unspecified atom stereocenters. The number of nitrogens with zero attached hydrogens (tertiary/aromatic N) is 2. The third-order valence-electron chi connectivity index (χ3n) is 2.80. The van der Waals surface area contributed by atoms with Gasteiger partial charge in [-0.3, -0.25) is 9.78 Å². The number of aromatic nitrogens is 1. The molecule has 0 aliphatic carbocycles. The van der Waals surface area contributed by atoms with Crippen molar-refractivity contribution in [2.24, 2.45) is 0 Å². The van der Waals surface area contributed by atoms with E-state index < -0.39 is 0 Å². The van der Waals surface area contributed by atoms with Gasteiger partial charge in [-0.25, -0.2) is 0 Å². The van der Waals surface area contributed by atoms with Crippen molar-refractivity contribution in [1.29, 1.82) is 0 Å². The molecule has 0 radical (unpaired) electrons. The molecular weight excluding hydrogens is 236 g/mol. The second-order valence-corrected chi connectivity index (χ2v) is 4.25. The van der Waals surface area contributed by atoms with Gasteiger partial charge >= 0.3 is 0 Å². The van der Waals surface area contributed by atoms with E-state index in [1.807, 2.05) is 42.5 Å². The molecule has 2 rings (SSSR count). The zero-order valence-corrected chi connectivity index (χ0v) is 10.7. The van der Waals surface area contributed by atoms with Gasteiger partial charge in [0.15, 0.2) is 0 Å². The van der Waals surface area contributed by atoms with Crippen LogP contribution < -0.4 is 0 Å². The molecule has 96 valence electrons. The largest absolute Gasteiger partial charge is 0.330 e. The third-order valence-corrected chi connectivity index (χ3v) is 2.80. The molecule has 3 heteroatoms. The molecule has 1 amide bonds. The van der Waals surface area contributed by atoms with Crippen LogP contribution in [0.1, 0.15) is 11.1 Å². The highest BCUT2D eigenvalue weighted by atomic mass is 16.2. The minimum absolute atomic E-state index is 0.0762. The number of pyridine rings is 1. The lowest BCUT2D eigenvalue weighted by atomic mass is 10.2. The van der Waals surface area contributed by atoms with Crippen LogP contribution in [0.25, 0.3) is 0 Å². The first kappa shape index (κ1) is 13.0. The maximum absolute atomic E-state index is 11.9. The normalized spacial score (nSPS) is 9.89. The summed E-state index contributed by atoms with van der Waals surface area (Å²) in [6.45, 7) is 4.66. The van der Waals surface area contributed by atoms with Crippen LogP contribution in [0.2, 0.25) is 0 Å². The predicted molar refractivity (Wildman–Crippen MR) is 75.1 cm³/mol. The molecule has 2 aromatic rings. The summed E-state index contributed by atoms with van der Waals surface area (Å²) in [4.78, 5) is 17.7. The van der Waals surface area contributed by atoms with Crippen LogP contribution in [-0.2, 0) is 17.9 Å². The molecule has 0 N–H and O–H groups in total. The van der Waals surface area contributed by atoms with E-state index in [1.54, 1.807) is 17.3 Å². The Bertz CT molecular complexity index is 496. The van der Waals surface area contributed by atoms with Gasteiger partial charge in [0.05, 0.1) is 0 Å². The first-order valence-corrected chi connectivity index (χ1v) is 6.14. The Labute approximate surface area is 113 Å². The van der Waals surface area contributed by atoms with Crippen molar-refractivity contribution in [3.8, 4) is 0 Å². The lowest BCUT2D eigenvalue weighted by Gasteiger charge is -2.21. The van der Waals surface area contributed by atoms with Gasteiger partial charge in [0.1, 0.15) is 0 Å². The average molecular weight is 252 g/mol. The zero-order valence-electron chi connectivity index (χ0n) is 10.7. The van der Waals surface area contributed by atoms with Crippen LogP contribution in [0, 0.1) is 0 Å². The van der Waals surface area contributed by atoms with Crippen molar-refractivity contribution in [2.75, 3.05) is 0 Å². The number of hydrogen-bond acceptors (Lipinski definition) is 2. The number of carbonyl (C=O) groups is 1. The van der Waals surface area contributed by atoms with Gasteiger partial charge in [0.25, 0.3) is 0 Å². The molecule has 0 saturated carbocycles. The summed E-state index contributed by atoms with van der Waals surface area (Å²) >= 11 is 0. The summed E-state index contributed by atoms with van der Waals surface area (Å²) in [5, 5.41) is 0. The highest BCUT2D eigenvalue weighted by Gasteiger charge is 2.11. The van der Waals surface area contributed by atoms with E-state index in [0.717, 1.165) is 11.1 Å². The molecule has 0 aliphatic heterocycles. The van der Waals surface area contributed by atoms with Crippen molar-refractivity contribution in [3.63, 3.8) is 0 Å². The van der Waals surface area contributed by atoms with Crippen molar-refractivity contribution in [3.05, 3.63) is 78.6 Å². The fourth-order valence-electron chi connectivity index (χ4n) is 1.86. The Hall–Kier alpha value is -2.42. The lowest BCUT2D eigenvalue weighted by Crippen LogP contribution is -2.28. The van der Waals surface area contributed by atoms with Gasteiger partial charge in [0, 0.05) is 25.5 Å². The van der Waals surface area contributed by atoms with Crippen LogP contribution in [0.5, 0.6) is 0 Å². The Morgan fingerprint density at radius 1 is 1.11 bits per heavy atom. The molecule has 0 spiro atoms. The molecule has 3 nitrogen and oxygen atoms in total. The van der Waals surface area contributed by atoms with Crippen molar-refractivity contribution >= 4 is 5.91 Å². The molecule has 1 heterocycles. The monoisotopic (exact) mass is 252 g/mol. The SMILES string of the molecule is C=CC(=O)N(Cc1ccccc1)Cc1cccnc1. The van der Waals surface area contributed by atoms with Crippen molar-refractivity contribution in [2.45, 2.75) is 13.1 Å². The van der Waals surface area contributed by atoms with Crippen LogP contribution in [0.15, 0.2) is 67.5 Å². The maximum atomic E-state index is 11.9. The topological polar surface area (TPSA) is 33.2 Å². The van der Waals surface area contributed by atoms with Crippen LogP contribution in [-0.4, -0.2) is 15.8 Å². The van der Waals surface area contributed by atoms with Gasteiger partial charge < -0.3 is 4.90 Å². The quantitative estimate of drug-likeness (QED) is 0.767. The summed E-state index contributed by atoms with van der Waals surface area (Å²) in [5.41, 5.74) is 2.11. The molecular formula is C16H16N2O. The summed E-state index contributed by atoms with van der Waals surface area (Å²) in [6.07, 6.45) is 4.84. The second-order valence-electron chi connectivity index (χ2n) is 4.25. The number of carbonyl (C=O) groups excluding carboxylic acids is 1. The van der Waals surface area contributed by atoms with Crippen molar-refractivity contribution in [1.82, 2.24) is 9.88 Å². The third kappa shape index (κ3) is 3.78. The highest BCUT2D eigenvalue weighted by Crippen LogP contribution is 2.09. The number of rotatable bonds is 5. The summed E-state index contributed by atoms with van der Waals surface area (Å²) in [5.74, 6) is -0.0762. The predicted octanol–water partition coefficient (Wildman–Crippen LogP) is 2.80. The number of benzene rings is 1. The van der Waals surface area contributed by atoms with Gasteiger partial charge in [-0.2, -0.15) is 0 Å². The molecule has 0 bridgehead atoms. The van der Waals surface area contributed by atoms with E-state index >= 15 is 0 Å². The molecule has 0 fully saturated rings. The number of amides is 1. The highest BCUT2D eigenvalue weighted by molar-refractivity contribution is 5.86. The molecule has 0 saturated heterocycles. The van der Waals surface area contributed by atoms with E-state index in [4.69, 9.17) is 0 Å². The van der Waals surface area contributed by atoms with E-state index in [9.17, 15) is 4.79 Å². The second kappa shape index (κ2) is 6.50. The lowest BCUT2D eigenvalue weighted by molar-refractivity contribution is -0.127. The summed E-state index contributed by atoms with van der Waals surface area (Å²) in [6, 6.07) is 13.7. The van der Waals surface area contributed by atoms with Crippen LogP contribution in [0.3, 0.4) is 0 Å². The van der Waals surface area contributed by atoms with Gasteiger partial charge in [-0.1, -0.05) is 43.0 Å². The fraction of sp³-hybridized carbons (Fsp3) is 0.125. The standard InChI is InChI=1S/C16H16N2O/c1-2-16(19)18(12-14-7-4-3-5-8-14)13-15-9-6-10-17-11-15/h2-11H,1,12-13H2. The maximum Gasteiger partial charge on any atom is 0.246 e. The Balaban J connectivity index is 2.13. The molecule has 1 aromatic heterocycles. The molecule has 1 aromatic carbocycles. The average Bonchev–Trinajstić information content (AvgIpc) is 2.48. The van der Waals surface area contributed by atoms with Crippen LogP contribution >= 0.6 is 0 Å². The van der Waals surface area contributed by atoms with Crippen LogP contribution in [0.4, 0.5) is 0 Å². The van der Waals surface area contributed by atoms with E-state index in [0.29, 0.717) is 13.1 Å². The van der Waals surface area contributed by atoms with Crippen molar-refractivity contribution < 1.29 is 4.79 Å². The van der Waals surface area contributed by atoms with Gasteiger partial charge in [-0.05, 0) is 23.3 Å². The Kier molecular flexibility index (Phi) is 4.45. The smallest absolute Gasteiger partial charge is 0.246 e. The fourth-order valence-corrected chi connectivity index (χ4v) is 1.86. The van der Waals surface area contributed by atoms with Gasteiger partial charge in [-0.15, -0.1) is 0 Å². The Morgan fingerprint density at radius 2 is 1.79 bits per heavy atom. The first-order valence-electron chi connectivity index (χ1n) is 6.14. The van der Waals surface area contributed by atoms with E-state index in [1.165, 1.54) is 6.08 Å². The molecule has 0 atom stereocenters. The van der Waals surface area contributed by atoms with Gasteiger partial charge in [0.2, 0.25) is 5.91 Å². The minimum Gasteiger partial charge on any atom is -0.330 e. The Morgan fingerprint density at radius 3 is 2.42 bits per heavy atom. The minimum atomic E-state index is -0.0762. The first-order chi connectivity index (χ1) is 9.29. The number of hydrogen-bond donors (Lipinski definition) is 0. The zero-order chi connectivity index (χ0) is 13.5. The van der Waals surface area contributed by atoms with E-state index in [2.05, 4.69) is 11.6 Å². The summed E-state index contributed by atoms with van der Waals surface area (Å²) < 4.78 is 0. The molecule has 0 aliphatic rings. The summed E-state index contributed by atoms with van der Waals surface area (Å²) in [7, 11) is 0.